The van der Waals surface area contributed by atoms with Gasteiger partial charge >= 0.3 is 0 Å². The second-order valence-electron chi connectivity index (χ2n) is 4.09. The van der Waals surface area contributed by atoms with Crippen LogP contribution in [0.25, 0.3) is 0 Å². The Hall–Kier alpha value is -1.64. The molecule has 0 aliphatic rings. The van der Waals surface area contributed by atoms with Gasteiger partial charge in [-0.05, 0) is 18.6 Å². The summed E-state index contributed by atoms with van der Waals surface area (Å²) in [7, 11) is 1.56. The van der Waals surface area contributed by atoms with E-state index in [1.165, 1.54) is 12.1 Å². The van der Waals surface area contributed by atoms with Crippen LogP contribution in [0.1, 0.15) is 18.9 Å². The van der Waals surface area contributed by atoms with E-state index in [0.29, 0.717) is 13.2 Å². The van der Waals surface area contributed by atoms with E-state index in [9.17, 15) is 4.39 Å². The zero-order chi connectivity index (χ0) is 14.1. The maximum absolute atomic E-state index is 13.4. The molecule has 0 N–H and O–H groups in total. The molecule has 4 nitrogen and oxygen atoms in total. The fraction of sp³-hybridized carbons (Fsp3) is 0.500. The summed E-state index contributed by atoms with van der Waals surface area (Å²) < 4.78 is 28.9. The minimum atomic E-state index is -0.566. The summed E-state index contributed by atoms with van der Waals surface area (Å²) in [4.78, 5) is 0. The molecule has 1 aromatic carbocycles. The van der Waals surface area contributed by atoms with Crippen LogP contribution < -0.4 is 4.74 Å². The van der Waals surface area contributed by atoms with Crippen LogP contribution in [0.3, 0.4) is 0 Å². The molecule has 0 fully saturated rings. The number of nitriles is 1. The van der Waals surface area contributed by atoms with E-state index in [-0.39, 0.29) is 24.0 Å². The maximum atomic E-state index is 13.4. The number of halogens is 1. The van der Waals surface area contributed by atoms with Gasteiger partial charge in [0.25, 0.3) is 0 Å². The summed E-state index contributed by atoms with van der Waals surface area (Å²) in [5.41, 5.74) is -0.0600. The van der Waals surface area contributed by atoms with Crippen LogP contribution >= 0.6 is 0 Å². The van der Waals surface area contributed by atoms with Gasteiger partial charge in [-0.2, -0.15) is 5.26 Å². The average molecular weight is 267 g/mol. The molecule has 0 saturated heterocycles. The van der Waals surface area contributed by atoms with Gasteiger partial charge in [0.2, 0.25) is 0 Å². The molecule has 0 aliphatic heterocycles. The van der Waals surface area contributed by atoms with Gasteiger partial charge in [0.05, 0.1) is 13.2 Å². The molecule has 1 unspecified atom stereocenters. The molecule has 0 aliphatic carbocycles. The van der Waals surface area contributed by atoms with Crippen LogP contribution in [0, 0.1) is 23.1 Å². The van der Waals surface area contributed by atoms with Crippen LogP contribution in [-0.4, -0.2) is 27.1 Å². The Bertz CT molecular complexity index is 431. The van der Waals surface area contributed by atoms with Crippen molar-refractivity contribution in [2.75, 3.05) is 27.1 Å². The van der Waals surface area contributed by atoms with Crippen LogP contribution in [0.4, 0.5) is 4.39 Å². The van der Waals surface area contributed by atoms with Gasteiger partial charge in [0.1, 0.15) is 30.0 Å². The monoisotopic (exact) mass is 267 g/mol. The third-order valence-corrected chi connectivity index (χ3v) is 2.69. The number of methoxy groups -OCH3 is 1. The summed E-state index contributed by atoms with van der Waals surface area (Å²) in [5.74, 6) is -0.124. The Morgan fingerprint density at radius 3 is 2.79 bits per heavy atom. The lowest BCUT2D eigenvalue weighted by Crippen LogP contribution is -2.18. The smallest absolute Gasteiger partial charge is 0.146 e. The summed E-state index contributed by atoms with van der Waals surface area (Å²) in [6, 6.07) is 6.16. The van der Waals surface area contributed by atoms with E-state index >= 15 is 0 Å². The second kappa shape index (κ2) is 8.46. The molecule has 0 radical (unpaired) electrons. The van der Waals surface area contributed by atoms with Crippen molar-refractivity contribution >= 4 is 0 Å². The Kier molecular flexibility index (Phi) is 6.86. The van der Waals surface area contributed by atoms with Crippen molar-refractivity contribution in [2.45, 2.75) is 13.3 Å². The van der Waals surface area contributed by atoms with E-state index < -0.39 is 5.82 Å². The molecule has 5 heteroatoms. The lowest BCUT2D eigenvalue weighted by Gasteiger charge is -2.16. The van der Waals surface area contributed by atoms with Crippen LogP contribution in [0.5, 0.6) is 5.75 Å². The lowest BCUT2D eigenvalue weighted by molar-refractivity contribution is -0.0481. The molecule has 104 valence electrons. The fourth-order valence-corrected chi connectivity index (χ4v) is 1.52. The highest BCUT2D eigenvalue weighted by Gasteiger charge is 2.12. The lowest BCUT2D eigenvalue weighted by atomic mass is 10.1. The Balaban J connectivity index is 2.55. The highest BCUT2D eigenvalue weighted by molar-refractivity contribution is 5.43. The third-order valence-electron chi connectivity index (χ3n) is 2.69. The first-order valence-electron chi connectivity index (χ1n) is 6.11. The van der Waals surface area contributed by atoms with Gasteiger partial charge in [-0.3, -0.25) is 0 Å². The van der Waals surface area contributed by atoms with Crippen LogP contribution in [0.15, 0.2) is 18.2 Å². The van der Waals surface area contributed by atoms with Crippen molar-refractivity contribution in [1.82, 2.24) is 0 Å². The highest BCUT2D eigenvalue weighted by Crippen LogP contribution is 2.21. The molecule has 1 aromatic rings. The van der Waals surface area contributed by atoms with Crippen molar-refractivity contribution in [3.8, 4) is 11.8 Å². The number of rotatable bonds is 8. The normalized spacial score (nSPS) is 11.9. The minimum Gasteiger partial charge on any atom is -0.492 e. The molecule has 0 saturated carbocycles. The van der Waals surface area contributed by atoms with E-state index in [4.69, 9.17) is 19.5 Å². The molecule has 19 heavy (non-hydrogen) atoms. The molecule has 0 bridgehead atoms. The van der Waals surface area contributed by atoms with Gasteiger partial charge in [0, 0.05) is 13.0 Å². The van der Waals surface area contributed by atoms with Gasteiger partial charge in [0.15, 0.2) is 0 Å². The zero-order valence-electron chi connectivity index (χ0n) is 11.2. The molecule has 0 aromatic heterocycles. The topological polar surface area (TPSA) is 51.5 Å². The number of benzene rings is 1. The quantitative estimate of drug-likeness (QED) is 0.537. The Labute approximate surface area is 112 Å². The number of nitrogens with zero attached hydrogens (tertiary/aromatic N) is 1. The van der Waals surface area contributed by atoms with E-state index in [1.54, 1.807) is 19.2 Å². The molecule has 0 spiro atoms. The first-order valence-corrected chi connectivity index (χ1v) is 6.11. The standard InChI is InChI=1S/C14H18FNO3/c1-3-11(8-18-10-17-2)9-19-14-6-4-5-13(15)12(14)7-16/h4-6,11H,3,8-10H2,1-2H3. The van der Waals surface area contributed by atoms with E-state index in [2.05, 4.69) is 0 Å². The summed E-state index contributed by atoms with van der Waals surface area (Å²) in [6.07, 6.45) is 0.862. The Morgan fingerprint density at radius 2 is 2.16 bits per heavy atom. The number of hydrogen-bond acceptors (Lipinski definition) is 4. The SMILES string of the molecule is CCC(COCOC)COc1cccc(F)c1C#N. The summed E-state index contributed by atoms with van der Waals surface area (Å²) in [6.45, 7) is 3.13. The van der Waals surface area contributed by atoms with Gasteiger partial charge in [-0.15, -0.1) is 0 Å². The first kappa shape index (κ1) is 15.4. The van der Waals surface area contributed by atoms with Crippen molar-refractivity contribution in [3.05, 3.63) is 29.6 Å². The second-order valence-corrected chi connectivity index (χ2v) is 4.09. The minimum absolute atomic E-state index is 0.0600. The summed E-state index contributed by atoms with van der Waals surface area (Å²) in [5, 5.41) is 8.88. The number of hydrogen-bond donors (Lipinski definition) is 0. The molecule has 1 rings (SSSR count). The largest absolute Gasteiger partial charge is 0.492 e. The maximum Gasteiger partial charge on any atom is 0.146 e. The molecule has 0 heterocycles. The highest BCUT2D eigenvalue weighted by atomic mass is 19.1. The molecular formula is C14H18FNO3. The Morgan fingerprint density at radius 1 is 1.37 bits per heavy atom. The predicted octanol–water partition coefficient (Wildman–Crippen LogP) is 2.72. The fourth-order valence-electron chi connectivity index (χ4n) is 1.52. The predicted molar refractivity (Wildman–Crippen MR) is 68.2 cm³/mol. The van der Waals surface area contributed by atoms with Crippen molar-refractivity contribution in [3.63, 3.8) is 0 Å². The zero-order valence-corrected chi connectivity index (χ0v) is 11.2. The van der Waals surface area contributed by atoms with E-state index in [1.807, 2.05) is 6.92 Å². The molecule has 1 atom stereocenters. The van der Waals surface area contributed by atoms with Crippen molar-refractivity contribution in [2.24, 2.45) is 5.92 Å². The number of ether oxygens (including phenoxy) is 3. The van der Waals surface area contributed by atoms with Gasteiger partial charge in [-0.1, -0.05) is 13.0 Å². The molecular weight excluding hydrogens is 249 g/mol. The van der Waals surface area contributed by atoms with Crippen LogP contribution in [-0.2, 0) is 9.47 Å². The van der Waals surface area contributed by atoms with Crippen molar-refractivity contribution < 1.29 is 18.6 Å². The first-order chi connectivity index (χ1) is 9.22. The van der Waals surface area contributed by atoms with E-state index in [0.717, 1.165) is 6.42 Å². The van der Waals surface area contributed by atoms with Gasteiger partial charge in [-0.25, -0.2) is 4.39 Å². The summed E-state index contributed by atoms with van der Waals surface area (Å²) >= 11 is 0. The van der Waals surface area contributed by atoms with Gasteiger partial charge < -0.3 is 14.2 Å². The average Bonchev–Trinajstić information content (AvgIpc) is 2.42. The molecule has 0 amide bonds. The third kappa shape index (κ3) is 4.86. The van der Waals surface area contributed by atoms with Crippen LogP contribution in [0.2, 0.25) is 0 Å². The van der Waals surface area contributed by atoms with Crippen molar-refractivity contribution in [1.29, 1.82) is 5.26 Å².